The van der Waals surface area contributed by atoms with Crippen LogP contribution in [0.2, 0.25) is 0 Å². The maximum absolute atomic E-state index is 4.95. The molecule has 2 aromatic carbocycles. The zero-order valence-corrected chi connectivity index (χ0v) is 16.6. The Balaban J connectivity index is 1.45. The van der Waals surface area contributed by atoms with Crippen molar-refractivity contribution in [3.63, 3.8) is 0 Å². The number of benzene rings is 2. The minimum Gasteiger partial charge on any atom is -0.369 e. The van der Waals surface area contributed by atoms with Crippen LogP contribution in [0, 0.1) is 0 Å². The summed E-state index contributed by atoms with van der Waals surface area (Å²) in [5, 5.41) is 4.97. The molecule has 0 saturated carbocycles. The molecule has 1 N–H and O–H groups in total. The van der Waals surface area contributed by atoms with Crippen LogP contribution in [0.25, 0.3) is 10.9 Å². The minimum absolute atomic E-state index is 1.09. The highest BCUT2D eigenvalue weighted by atomic mass is 15.2. The van der Waals surface area contributed by atoms with Gasteiger partial charge in [0, 0.05) is 48.6 Å². The largest absolute Gasteiger partial charge is 0.369 e. The zero-order chi connectivity index (χ0) is 18.9. The van der Waals surface area contributed by atoms with Crippen LogP contribution in [-0.2, 0) is 12.8 Å². The Labute approximate surface area is 167 Å². The lowest BCUT2D eigenvalue weighted by Crippen LogP contribution is -2.44. The summed E-state index contributed by atoms with van der Waals surface area (Å²) >= 11 is 0. The lowest BCUT2D eigenvalue weighted by atomic mass is 9.92. The van der Waals surface area contributed by atoms with E-state index in [0.29, 0.717) is 0 Å². The number of para-hydroxylation sites is 1. The van der Waals surface area contributed by atoms with Crippen molar-refractivity contribution in [2.24, 2.45) is 0 Å². The molecule has 0 spiro atoms. The maximum atomic E-state index is 4.95. The molecule has 144 valence electrons. The summed E-state index contributed by atoms with van der Waals surface area (Å²) in [6.07, 6.45) is 4.72. The highest BCUT2D eigenvalue weighted by molar-refractivity contribution is 5.95. The molecule has 4 nitrogen and oxygen atoms in total. The number of fused-ring (bicyclic) bond motifs is 2. The van der Waals surface area contributed by atoms with Crippen LogP contribution in [-0.4, -0.2) is 43.1 Å². The Bertz CT molecular complexity index is 972. The van der Waals surface area contributed by atoms with E-state index in [0.717, 1.165) is 50.2 Å². The second kappa shape index (κ2) is 7.44. The highest BCUT2D eigenvalue weighted by Crippen LogP contribution is 2.35. The van der Waals surface area contributed by atoms with Gasteiger partial charge in [-0.3, -0.25) is 4.98 Å². The van der Waals surface area contributed by atoms with Gasteiger partial charge >= 0.3 is 0 Å². The number of aryl methyl sites for hydroxylation is 1. The minimum atomic E-state index is 1.09. The van der Waals surface area contributed by atoms with Crippen molar-refractivity contribution in [3.8, 4) is 0 Å². The summed E-state index contributed by atoms with van der Waals surface area (Å²) in [5.74, 6) is 0. The highest BCUT2D eigenvalue weighted by Gasteiger charge is 2.18. The van der Waals surface area contributed by atoms with Gasteiger partial charge < -0.3 is 15.1 Å². The smallest absolute Gasteiger partial charge is 0.0726 e. The van der Waals surface area contributed by atoms with E-state index in [4.69, 9.17) is 4.98 Å². The molecule has 0 radical (unpaired) electrons. The van der Waals surface area contributed by atoms with Gasteiger partial charge in [0.25, 0.3) is 0 Å². The molecule has 2 heterocycles. The first-order chi connectivity index (χ1) is 13.8. The summed E-state index contributed by atoms with van der Waals surface area (Å²) in [5.41, 5.74) is 7.52. The molecule has 0 amide bonds. The Morgan fingerprint density at radius 2 is 1.61 bits per heavy atom. The average Bonchev–Trinajstić information content (AvgIpc) is 2.75. The maximum Gasteiger partial charge on any atom is 0.0726 e. The number of anilines is 3. The Kier molecular flexibility index (Phi) is 4.65. The predicted octanol–water partition coefficient (Wildman–Crippen LogP) is 4.61. The lowest BCUT2D eigenvalue weighted by Gasteiger charge is -2.34. The van der Waals surface area contributed by atoms with Crippen LogP contribution in [0.15, 0.2) is 48.5 Å². The number of nitrogens with one attached hydrogen (secondary N) is 1. The van der Waals surface area contributed by atoms with Crippen LogP contribution >= 0.6 is 0 Å². The number of nitrogens with zero attached hydrogens (tertiary/aromatic N) is 3. The number of pyridine rings is 1. The zero-order valence-electron chi connectivity index (χ0n) is 16.6. The summed E-state index contributed by atoms with van der Waals surface area (Å²) in [4.78, 5) is 9.82. The molecule has 0 atom stereocenters. The van der Waals surface area contributed by atoms with Crippen molar-refractivity contribution in [2.45, 2.75) is 25.7 Å². The third kappa shape index (κ3) is 3.33. The van der Waals surface area contributed by atoms with E-state index in [-0.39, 0.29) is 0 Å². The van der Waals surface area contributed by atoms with E-state index in [1.54, 1.807) is 0 Å². The standard InChI is InChI=1S/C24H28N4/c1-27-14-16-28(17-15-27)19-12-10-18(11-13-19)25-24-20-6-2-4-8-22(20)26-23-9-5-3-7-21(23)24/h2,4,6,8,10-13H,3,5,7,9,14-17H2,1H3,(H,25,26). The van der Waals surface area contributed by atoms with E-state index in [9.17, 15) is 0 Å². The predicted molar refractivity (Wildman–Crippen MR) is 118 cm³/mol. The first-order valence-electron chi connectivity index (χ1n) is 10.5. The van der Waals surface area contributed by atoms with Crippen molar-refractivity contribution in [1.82, 2.24) is 9.88 Å². The number of aromatic nitrogens is 1. The molecule has 1 saturated heterocycles. The Morgan fingerprint density at radius 1 is 0.857 bits per heavy atom. The Morgan fingerprint density at radius 3 is 2.43 bits per heavy atom. The van der Waals surface area contributed by atoms with Gasteiger partial charge in [0.2, 0.25) is 0 Å². The van der Waals surface area contributed by atoms with E-state index < -0.39 is 0 Å². The van der Waals surface area contributed by atoms with E-state index in [1.165, 1.54) is 40.9 Å². The van der Waals surface area contributed by atoms with Crippen molar-refractivity contribution < 1.29 is 0 Å². The van der Waals surface area contributed by atoms with Gasteiger partial charge in [0.15, 0.2) is 0 Å². The summed E-state index contributed by atoms with van der Waals surface area (Å²) < 4.78 is 0. The van der Waals surface area contributed by atoms with Gasteiger partial charge in [-0.1, -0.05) is 18.2 Å². The fraction of sp³-hybridized carbons (Fsp3) is 0.375. The van der Waals surface area contributed by atoms with E-state index >= 15 is 0 Å². The molecule has 3 aromatic rings. The monoisotopic (exact) mass is 372 g/mol. The summed E-state index contributed by atoms with van der Waals surface area (Å²) in [7, 11) is 2.20. The third-order valence-electron chi connectivity index (χ3n) is 6.17. The molecule has 0 bridgehead atoms. The van der Waals surface area contributed by atoms with Gasteiger partial charge in [-0.2, -0.15) is 0 Å². The van der Waals surface area contributed by atoms with Crippen LogP contribution in [0.1, 0.15) is 24.1 Å². The van der Waals surface area contributed by atoms with Crippen LogP contribution < -0.4 is 10.2 Å². The van der Waals surface area contributed by atoms with Crippen molar-refractivity contribution in [2.75, 3.05) is 43.4 Å². The lowest BCUT2D eigenvalue weighted by molar-refractivity contribution is 0.313. The first-order valence-corrected chi connectivity index (χ1v) is 10.5. The van der Waals surface area contributed by atoms with Crippen molar-refractivity contribution in [1.29, 1.82) is 0 Å². The molecule has 1 fully saturated rings. The summed E-state index contributed by atoms with van der Waals surface area (Å²) in [6.45, 7) is 4.47. The fourth-order valence-electron chi connectivity index (χ4n) is 4.48. The molecule has 4 heteroatoms. The molecule has 0 unspecified atom stereocenters. The molecule has 28 heavy (non-hydrogen) atoms. The van der Waals surface area contributed by atoms with Crippen molar-refractivity contribution in [3.05, 3.63) is 59.8 Å². The van der Waals surface area contributed by atoms with Crippen LogP contribution in [0.4, 0.5) is 17.1 Å². The SMILES string of the molecule is CN1CCN(c2ccc(Nc3c4c(nc5ccccc35)CCCC4)cc2)CC1. The van der Waals surface area contributed by atoms with Gasteiger partial charge in [0.1, 0.15) is 0 Å². The summed E-state index contributed by atoms with van der Waals surface area (Å²) in [6, 6.07) is 17.5. The number of piperazine rings is 1. The molecule has 5 rings (SSSR count). The van der Waals surface area contributed by atoms with E-state index in [2.05, 4.69) is 70.7 Å². The number of hydrogen-bond donors (Lipinski definition) is 1. The quantitative estimate of drug-likeness (QED) is 0.728. The normalized spacial score (nSPS) is 17.5. The third-order valence-corrected chi connectivity index (χ3v) is 6.17. The van der Waals surface area contributed by atoms with Gasteiger partial charge in [0.05, 0.1) is 11.2 Å². The molecule has 1 aromatic heterocycles. The topological polar surface area (TPSA) is 31.4 Å². The molecular formula is C24H28N4. The fourth-order valence-corrected chi connectivity index (χ4v) is 4.48. The Hall–Kier alpha value is -2.59. The van der Waals surface area contributed by atoms with Crippen LogP contribution in [0.5, 0.6) is 0 Å². The molecule has 1 aliphatic carbocycles. The second-order valence-corrected chi connectivity index (χ2v) is 8.10. The van der Waals surface area contributed by atoms with Gasteiger partial charge in [-0.25, -0.2) is 0 Å². The average molecular weight is 373 g/mol. The molecular weight excluding hydrogens is 344 g/mol. The number of likely N-dealkylation sites (N-methyl/N-ethyl adjacent to an activating group) is 1. The van der Waals surface area contributed by atoms with Gasteiger partial charge in [-0.05, 0) is 68.6 Å². The van der Waals surface area contributed by atoms with Crippen LogP contribution in [0.3, 0.4) is 0 Å². The molecule has 2 aliphatic rings. The van der Waals surface area contributed by atoms with E-state index in [1.807, 2.05) is 0 Å². The second-order valence-electron chi connectivity index (χ2n) is 8.10. The number of rotatable bonds is 3. The molecule has 1 aliphatic heterocycles. The van der Waals surface area contributed by atoms with Gasteiger partial charge in [-0.15, -0.1) is 0 Å². The first kappa shape index (κ1) is 17.5. The number of hydrogen-bond acceptors (Lipinski definition) is 4. The van der Waals surface area contributed by atoms with Crippen molar-refractivity contribution >= 4 is 28.0 Å².